The molecule has 0 bridgehead atoms. The average Bonchev–Trinajstić information content (AvgIpc) is 2.55. The lowest BCUT2D eigenvalue weighted by molar-refractivity contribution is -0.655. The van der Waals surface area contributed by atoms with Crippen LogP contribution < -0.4 is 10.2 Å². The van der Waals surface area contributed by atoms with Crippen molar-refractivity contribution in [3.63, 3.8) is 0 Å². The number of carbonyl (C=O) groups is 1. The zero-order valence-electron chi connectivity index (χ0n) is 11.8. The number of benzene rings is 2. The molecule has 0 spiro atoms. The van der Waals surface area contributed by atoms with E-state index < -0.39 is 0 Å². The molecular formula is C17H18ClN2O+. The van der Waals surface area contributed by atoms with E-state index in [0.29, 0.717) is 16.1 Å². The van der Waals surface area contributed by atoms with E-state index in [1.807, 2.05) is 24.3 Å². The molecule has 0 saturated carbocycles. The van der Waals surface area contributed by atoms with Crippen LogP contribution in [-0.4, -0.2) is 32.0 Å². The number of hydrogen-bond acceptors (Lipinski definition) is 2. The summed E-state index contributed by atoms with van der Waals surface area (Å²) >= 11 is 5.94. The van der Waals surface area contributed by atoms with Crippen LogP contribution in [-0.2, 0) is 0 Å². The number of carbonyl (C=O) groups excluding carboxylic acids is 1. The quantitative estimate of drug-likeness (QED) is 0.880. The third kappa shape index (κ3) is 3.26. The normalized spacial score (nSPS) is 15.0. The highest BCUT2D eigenvalue weighted by atomic mass is 35.5. The molecule has 4 heteroatoms. The predicted molar refractivity (Wildman–Crippen MR) is 85.2 cm³/mol. The van der Waals surface area contributed by atoms with E-state index in [9.17, 15) is 4.79 Å². The Kier molecular flexibility index (Phi) is 4.23. The summed E-state index contributed by atoms with van der Waals surface area (Å²) in [5.74, 6) is 0.0102. The Bertz CT molecular complexity index is 633. The van der Waals surface area contributed by atoms with Gasteiger partial charge in [-0.05, 0) is 36.4 Å². The molecule has 2 N–H and O–H groups in total. The van der Waals surface area contributed by atoms with Crippen molar-refractivity contribution in [2.75, 3.05) is 31.1 Å². The fourth-order valence-electron chi connectivity index (χ4n) is 2.63. The van der Waals surface area contributed by atoms with Gasteiger partial charge in [0.2, 0.25) is 0 Å². The topological polar surface area (TPSA) is 36.9 Å². The van der Waals surface area contributed by atoms with Crippen molar-refractivity contribution in [3.8, 4) is 0 Å². The Morgan fingerprint density at radius 1 is 1.00 bits per heavy atom. The number of hydrogen-bond donors (Lipinski definition) is 1. The molecule has 0 unspecified atom stereocenters. The average molecular weight is 302 g/mol. The van der Waals surface area contributed by atoms with Crippen molar-refractivity contribution in [3.05, 3.63) is 64.7 Å². The van der Waals surface area contributed by atoms with Gasteiger partial charge in [0.25, 0.3) is 0 Å². The van der Waals surface area contributed by atoms with Gasteiger partial charge in [-0.1, -0.05) is 23.7 Å². The summed E-state index contributed by atoms with van der Waals surface area (Å²) < 4.78 is 0. The van der Waals surface area contributed by atoms with Crippen LogP contribution >= 0.6 is 11.6 Å². The minimum atomic E-state index is 0.0102. The third-order valence-electron chi connectivity index (χ3n) is 3.79. The van der Waals surface area contributed by atoms with Gasteiger partial charge in [0.1, 0.15) is 0 Å². The lowest BCUT2D eigenvalue weighted by Crippen LogP contribution is -2.89. The summed E-state index contributed by atoms with van der Waals surface area (Å²) in [5, 5.41) is 2.91. The van der Waals surface area contributed by atoms with Crippen LogP contribution in [0.1, 0.15) is 15.9 Å². The van der Waals surface area contributed by atoms with E-state index in [4.69, 9.17) is 11.6 Å². The molecule has 0 aromatic heterocycles. The number of quaternary nitrogens is 1. The van der Waals surface area contributed by atoms with Crippen LogP contribution in [0.2, 0.25) is 5.02 Å². The van der Waals surface area contributed by atoms with Gasteiger partial charge in [0.05, 0.1) is 26.2 Å². The summed E-state index contributed by atoms with van der Waals surface area (Å²) in [6.45, 7) is 4.37. The van der Waals surface area contributed by atoms with E-state index in [2.05, 4.69) is 10.2 Å². The molecule has 2 aromatic rings. The third-order valence-corrected chi connectivity index (χ3v) is 4.02. The molecule has 3 rings (SSSR count). The second kappa shape index (κ2) is 6.29. The van der Waals surface area contributed by atoms with Crippen LogP contribution in [0.15, 0.2) is 48.5 Å². The summed E-state index contributed by atoms with van der Waals surface area (Å²) in [6, 6.07) is 14.9. The molecule has 0 aliphatic carbocycles. The SMILES string of the molecule is O=C(c1ccc(N2CC[NH2+]CC2)cc1)c1cccc(Cl)c1. The molecule has 1 aliphatic heterocycles. The number of halogens is 1. The number of anilines is 1. The van der Waals surface area contributed by atoms with Gasteiger partial charge in [-0.3, -0.25) is 4.79 Å². The lowest BCUT2D eigenvalue weighted by Gasteiger charge is -2.27. The van der Waals surface area contributed by atoms with Crippen molar-refractivity contribution >= 4 is 23.1 Å². The molecule has 108 valence electrons. The molecule has 1 aliphatic rings. The molecule has 0 amide bonds. The molecule has 3 nitrogen and oxygen atoms in total. The Morgan fingerprint density at radius 3 is 2.38 bits per heavy atom. The molecule has 2 aromatic carbocycles. The van der Waals surface area contributed by atoms with Gasteiger partial charge in [0.15, 0.2) is 5.78 Å². The summed E-state index contributed by atoms with van der Waals surface area (Å²) in [5.41, 5.74) is 2.51. The monoisotopic (exact) mass is 301 g/mol. The number of nitrogens with two attached hydrogens (primary N) is 1. The van der Waals surface area contributed by atoms with Gasteiger partial charge >= 0.3 is 0 Å². The van der Waals surface area contributed by atoms with Crippen LogP contribution in [0.25, 0.3) is 0 Å². The Labute approximate surface area is 129 Å². The van der Waals surface area contributed by atoms with Gasteiger partial charge < -0.3 is 10.2 Å². The largest absolute Gasteiger partial charge is 0.360 e. The minimum absolute atomic E-state index is 0.0102. The second-order valence-electron chi connectivity index (χ2n) is 5.24. The molecule has 0 atom stereocenters. The highest BCUT2D eigenvalue weighted by Gasteiger charge is 2.14. The van der Waals surface area contributed by atoms with Gasteiger partial charge in [-0.25, -0.2) is 0 Å². The minimum Gasteiger partial charge on any atom is -0.360 e. The molecule has 1 fully saturated rings. The van der Waals surface area contributed by atoms with E-state index in [-0.39, 0.29) is 5.78 Å². The van der Waals surface area contributed by atoms with Crippen LogP contribution in [0, 0.1) is 0 Å². The second-order valence-corrected chi connectivity index (χ2v) is 5.68. The van der Waals surface area contributed by atoms with E-state index in [0.717, 1.165) is 26.2 Å². The molecule has 21 heavy (non-hydrogen) atoms. The van der Waals surface area contributed by atoms with Gasteiger partial charge in [-0.15, -0.1) is 0 Å². The van der Waals surface area contributed by atoms with E-state index >= 15 is 0 Å². The molecule has 0 radical (unpaired) electrons. The first-order valence-corrected chi connectivity index (χ1v) is 7.59. The van der Waals surface area contributed by atoms with E-state index in [1.165, 1.54) is 5.69 Å². The van der Waals surface area contributed by atoms with Crippen molar-refractivity contribution < 1.29 is 10.1 Å². The molecule has 1 heterocycles. The van der Waals surface area contributed by atoms with Crippen LogP contribution in [0.5, 0.6) is 0 Å². The lowest BCUT2D eigenvalue weighted by atomic mass is 10.0. The fraction of sp³-hybridized carbons (Fsp3) is 0.235. The zero-order chi connectivity index (χ0) is 14.7. The number of piperazine rings is 1. The maximum absolute atomic E-state index is 12.4. The molecule has 1 saturated heterocycles. The summed E-state index contributed by atoms with van der Waals surface area (Å²) in [4.78, 5) is 14.8. The van der Waals surface area contributed by atoms with Crippen molar-refractivity contribution in [2.45, 2.75) is 0 Å². The Hall–Kier alpha value is -1.84. The zero-order valence-corrected chi connectivity index (χ0v) is 12.5. The Balaban J connectivity index is 1.78. The number of nitrogens with zero attached hydrogens (tertiary/aromatic N) is 1. The predicted octanol–water partition coefficient (Wildman–Crippen LogP) is 1.95. The van der Waals surface area contributed by atoms with Crippen molar-refractivity contribution in [1.29, 1.82) is 0 Å². The standard InChI is InChI=1S/C17H17ClN2O/c18-15-3-1-2-14(12-15)17(21)13-4-6-16(7-5-13)20-10-8-19-9-11-20/h1-7,12,19H,8-11H2/p+1. The highest BCUT2D eigenvalue weighted by Crippen LogP contribution is 2.19. The smallest absolute Gasteiger partial charge is 0.193 e. The summed E-state index contributed by atoms with van der Waals surface area (Å²) in [7, 11) is 0. The van der Waals surface area contributed by atoms with Crippen LogP contribution in [0.3, 0.4) is 0 Å². The first kappa shape index (κ1) is 14.1. The Morgan fingerprint density at radius 2 is 1.71 bits per heavy atom. The van der Waals surface area contributed by atoms with Crippen LogP contribution in [0.4, 0.5) is 5.69 Å². The molecular weight excluding hydrogens is 284 g/mol. The van der Waals surface area contributed by atoms with Gasteiger partial charge in [-0.2, -0.15) is 0 Å². The van der Waals surface area contributed by atoms with Crippen molar-refractivity contribution in [1.82, 2.24) is 0 Å². The van der Waals surface area contributed by atoms with Crippen molar-refractivity contribution in [2.24, 2.45) is 0 Å². The van der Waals surface area contributed by atoms with E-state index in [1.54, 1.807) is 24.3 Å². The maximum Gasteiger partial charge on any atom is 0.193 e. The van der Waals surface area contributed by atoms with Gasteiger partial charge in [0, 0.05) is 21.8 Å². The maximum atomic E-state index is 12.4. The first-order valence-electron chi connectivity index (χ1n) is 7.21. The fourth-order valence-corrected chi connectivity index (χ4v) is 2.82. The summed E-state index contributed by atoms with van der Waals surface area (Å²) in [6.07, 6.45) is 0. The first-order chi connectivity index (χ1) is 10.2. The number of rotatable bonds is 3. The highest BCUT2D eigenvalue weighted by molar-refractivity contribution is 6.31. The number of ketones is 1.